The summed E-state index contributed by atoms with van der Waals surface area (Å²) in [7, 11) is 0. The molecule has 2 heterocycles. The third kappa shape index (κ3) is 4.21. The maximum absolute atomic E-state index is 6.17. The summed E-state index contributed by atoms with van der Waals surface area (Å²) in [5.41, 5.74) is 10.9. The summed E-state index contributed by atoms with van der Waals surface area (Å²) in [6.45, 7) is 0. The summed E-state index contributed by atoms with van der Waals surface area (Å²) in [5, 5.41) is 4.70. The minimum Gasteiger partial charge on any atom is -0.456 e. The first-order chi connectivity index (χ1) is 22.3. The molecule has 0 amide bonds. The molecule has 7 aromatic carbocycles. The van der Waals surface area contributed by atoms with Crippen LogP contribution in [0.3, 0.4) is 0 Å². The zero-order valence-corrected chi connectivity index (χ0v) is 24.5. The third-order valence-corrected chi connectivity index (χ3v) is 8.76. The number of hydrogen-bond acceptors (Lipinski definition) is 2. The van der Waals surface area contributed by atoms with E-state index in [1.807, 2.05) is 12.1 Å². The second kappa shape index (κ2) is 10.3. The maximum atomic E-state index is 6.17. The molecule has 0 saturated carbocycles. The minimum atomic E-state index is 0.898. The average Bonchev–Trinajstić information content (AvgIpc) is 3.64. The summed E-state index contributed by atoms with van der Waals surface area (Å²) < 4.78 is 8.56. The van der Waals surface area contributed by atoms with Crippen molar-refractivity contribution in [1.29, 1.82) is 0 Å². The second-order valence-electron chi connectivity index (χ2n) is 11.4. The fourth-order valence-corrected chi connectivity index (χ4v) is 6.71. The molecule has 0 N–H and O–H groups in total. The summed E-state index contributed by atoms with van der Waals surface area (Å²) in [6, 6.07) is 60.3. The minimum absolute atomic E-state index is 0.898. The van der Waals surface area contributed by atoms with Gasteiger partial charge in [0.25, 0.3) is 0 Å². The smallest absolute Gasteiger partial charge is 0.135 e. The topological polar surface area (TPSA) is 21.3 Å². The van der Waals surface area contributed by atoms with Gasteiger partial charge in [-0.05, 0) is 77.9 Å². The van der Waals surface area contributed by atoms with Crippen molar-refractivity contribution in [2.45, 2.75) is 0 Å². The molecule has 9 rings (SSSR count). The summed E-state index contributed by atoms with van der Waals surface area (Å²) in [5.74, 6) is 0. The molecular formula is C42H28N2O. The maximum Gasteiger partial charge on any atom is 0.135 e. The fourth-order valence-electron chi connectivity index (χ4n) is 6.71. The molecule has 0 fully saturated rings. The molecular weight excluding hydrogens is 548 g/mol. The number of aromatic nitrogens is 1. The van der Waals surface area contributed by atoms with Crippen LogP contribution in [0.5, 0.6) is 0 Å². The van der Waals surface area contributed by atoms with E-state index in [4.69, 9.17) is 4.42 Å². The van der Waals surface area contributed by atoms with Crippen LogP contribution in [-0.2, 0) is 0 Å². The van der Waals surface area contributed by atoms with Gasteiger partial charge in [0.15, 0.2) is 0 Å². The second-order valence-corrected chi connectivity index (χ2v) is 11.4. The van der Waals surface area contributed by atoms with Gasteiger partial charge in [-0.25, -0.2) is 0 Å². The SMILES string of the molecule is c1ccc(-c2cccc(N(c3ccccc3)c3ccc4c5ccccc5n(-c5ccc6oc7ccccc7c6c5)c4c3)c2)cc1. The Labute approximate surface area is 260 Å². The number of hydrogen-bond donors (Lipinski definition) is 0. The van der Waals surface area contributed by atoms with Crippen LogP contribution in [0.4, 0.5) is 17.1 Å². The van der Waals surface area contributed by atoms with Gasteiger partial charge in [0.05, 0.1) is 11.0 Å². The van der Waals surface area contributed by atoms with Gasteiger partial charge in [0, 0.05) is 44.3 Å². The van der Waals surface area contributed by atoms with Crippen LogP contribution >= 0.6 is 0 Å². The Balaban J connectivity index is 1.28. The molecule has 0 spiro atoms. The lowest BCUT2D eigenvalue weighted by Gasteiger charge is -2.26. The van der Waals surface area contributed by atoms with Crippen molar-refractivity contribution in [3.63, 3.8) is 0 Å². The van der Waals surface area contributed by atoms with Crippen LogP contribution in [0.25, 0.3) is 60.6 Å². The molecule has 3 nitrogen and oxygen atoms in total. The Morgan fingerprint density at radius 2 is 1.02 bits per heavy atom. The lowest BCUT2D eigenvalue weighted by molar-refractivity contribution is 0.669. The van der Waals surface area contributed by atoms with Crippen molar-refractivity contribution < 1.29 is 4.42 Å². The van der Waals surface area contributed by atoms with E-state index in [2.05, 4.69) is 167 Å². The van der Waals surface area contributed by atoms with E-state index < -0.39 is 0 Å². The van der Waals surface area contributed by atoms with Crippen molar-refractivity contribution in [2.75, 3.05) is 4.90 Å². The number of rotatable bonds is 5. The summed E-state index contributed by atoms with van der Waals surface area (Å²) in [4.78, 5) is 2.35. The first kappa shape index (κ1) is 25.4. The Bertz CT molecular complexity index is 2490. The zero-order chi connectivity index (χ0) is 29.7. The monoisotopic (exact) mass is 576 g/mol. The number of benzene rings is 7. The van der Waals surface area contributed by atoms with Crippen LogP contribution in [0, 0.1) is 0 Å². The highest BCUT2D eigenvalue weighted by Gasteiger charge is 2.18. The normalized spacial score (nSPS) is 11.6. The first-order valence-corrected chi connectivity index (χ1v) is 15.3. The number of para-hydroxylation sites is 3. The molecule has 45 heavy (non-hydrogen) atoms. The lowest BCUT2D eigenvalue weighted by Crippen LogP contribution is -2.10. The van der Waals surface area contributed by atoms with Gasteiger partial charge in [0.1, 0.15) is 11.2 Å². The predicted molar refractivity (Wildman–Crippen MR) is 188 cm³/mol. The number of anilines is 3. The standard InChI is InChI=1S/C42H28N2O/c1-3-12-29(13-4-1)30-14-11-17-32(26-30)43(31-15-5-2-6-16-31)34-22-24-36-35-18-7-9-20-39(35)44(40(36)28-34)33-23-25-42-38(27-33)37-19-8-10-21-41(37)45-42/h1-28H. The van der Waals surface area contributed by atoms with Gasteiger partial charge >= 0.3 is 0 Å². The molecule has 0 aliphatic carbocycles. The van der Waals surface area contributed by atoms with E-state index in [1.54, 1.807) is 0 Å². The van der Waals surface area contributed by atoms with Crippen molar-refractivity contribution in [3.05, 3.63) is 170 Å². The molecule has 2 aromatic heterocycles. The highest BCUT2D eigenvalue weighted by Crippen LogP contribution is 2.41. The van der Waals surface area contributed by atoms with Crippen molar-refractivity contribution in [3.8, 4) is 16.8 Å². The van der Waals surface area contributed by atoms with Gasteiger partial charge in [0.2, 0.25) is 0 Å². The van der Waals surface area contributed by atoms with E-state index in [0.29, 0.717) is 0 Å². The highest BCUT2D eigenvalue weighted by molar-refractivity contribution is 6.11. The van der Waals surface area contributed by atoms with Crippen molar-refractivity contribution >= 4 is 60.8 Å². The van der Waals surface area contributed by atoms with Gasteiger partial charge in [-0.2, -0.15) is 0 Å². The Hall–Kier alpha value is -6.06. The Kier molecular flexibility index (Phi) is 5.82. The number of furan rings is 1. The highest BCUT2D eigenvalue weighted by atomic mass is 16.3. The largest absolute Gasteiger partial charge is 0.456 e. The number of nitrogens with zero attached hydrogens (tertiary/aromatic N) is 2. The average molecular weight is 577 g/mol. The van der Waals surface area contributed by atoms with Crippen LogP contribution in [0.15, 0.2) is 174 Å². The lowest BCUT2D eigenvalue weighted by atomic mass is 10.0. The van der Waals surface area contributed by atoms with E-state index in [0.717, 1.165) is 50.2 Å². The first-order valence-electron chi connectivity index (χ1n) is 15.3. The molecule has 0 bridgehead atoms. The predicted octanol–water partition coefficient (Wildman–Crippen LogP) is 11.8. The summed E-state index contributed by atoms with van der Waals surface area (Å²) >= 11 is 0. The molecule has 0 saturated heterocycles. The quantitative estimate of drug-likeness (QED) is 0.203. The molecule has 9 aromatic rings. The Morgan fingerprint density at radius 1 is 0.378 bits per heavy atom. The molecule has 0 unspecified atom stereocenters. The van der Waals surface area contributed by atoms with E-state index in [9.17, 15) is 0 Å². The molecule has 3 heteroatoms. The van der Waals surface area contributed by atoms with Gasteiger partial charge in [-0.1, -0.05) is 103 Å². The van der Waals surface area contributed by atoms with E-state index >= 15 is 0 Å². The summed E-state index contributed by atoms with van der Waals surface area (Å²) in [6.07, 6.45) is 0. The van der Waals surface area contributed by atoms with Crippen LogP contribution in [0.2, 0.25) is 0 Å². The van der Waals surface area contributed by atoms with E-state index in [1.165, 1.54) is 27.4 Å². The van der Waals surface area contributed by atoms with Crippen LogP contribution < -0.4 is 4.90 Å². The van der Waals surface area contributed by atoms with Gasteiger partial charge < -0.3 is 13.9 Å². The van der Waals surface area contributed by atoms with Gasteiger partial charge in [-0.3, -0.25) is 0 Å². The molecule has 0 atom stereocenters. The Morgan fingerprint density at radius 3 is 1.89 bits per heavy atom. The van der Waals surface area contributed by atoms with Crippen LogP contribution in [-0.4, -0.2) is 4.57 Å². The van der Waals surface area contributed by atoms with Crippen molar-refractivity contribution in [2.24, 2.45) is 0 Å². The molecule has 0 radical (unpaired) electrons. The van der Waals surface area contributed by atoms with E-state index in [-0.39, 0.29) is 0 Å². The molecule has 0 aliphatic heterocycles. The van der Waals surface area contributed by atoms with Crippen LogP contribution in [0.1, 0.15) is 0 Å². The molecule has 0 aliphatic rings. The zero-order valence-electron chi connectivity index (χ0n) is 24.5. The molecule has 212 valence electrons. The fraction of sp³-hybridized carbons (Fsp3) is 0. The third-order valence-electron chi connectivity index (χ3n) is 8.76. The number of fused-ring (bicyclic) bond motifs is 6. The van der Waals surface area contributed by atoms with Crippen molar-refractivity contribution in [1.82, 2.24) is 4.57 Å². The van der Waals surface area contributed by atoms with Gasteiger partial charge in [-0.15, -0.1) is 0 Å².